The van der Waals surface area contributed by atoms with E-state index in [2.05, 4.69) is 10.4 Å². The normalized spacial score (nSPS) is 10.4. The Morgan fingerprint density at radius 1 is 1.39 bits per heavy atom. The summed E-state index contributed by atoms with van der Waals surface area (Å²) in [6.07, 6.45) is 1.56. The Hall–Kier alpha value is -1.81. The molecule has 0 aliphatic carbocycles. The fourth-order valence-electron chi connectivity index (χ4n) is 1.59. The van der Waals surface area contributed by atoms with Gasteiger partial charge in [0, 0.05) is 23.5 Å². The zero-order chi connectivity index (χ0) is 13.3. The molecule has 2 rings (SSSR count). The second-order valence-corrected chi connectivity index (χ2v) is 4.59. The van der Waals surface area contributed by atoms with Gasteiger partial charge in [-0.3, -0.25) is 9.48 Å². The number of aryl methyl sites for hydroxylation is 2. The van der Waals surface area contributed by atoms with Crippen LogP contribution in [0.25, 0.3) is 0 Å². The summed E-state index contributed by atoms with van der Waals surface area (Å²) in [6, 6.07) is 5.43. The molecule has 1 aromatic heterocycles. The van der Waals surface area contributed by atoms with Gasteiger partial charge in [0.15, 0.2) is 0 Å². The van der Waals surface area contributed by atoms with Gasteiger partial charge in [0.2, 0.25) is 0 Å². The number of benzene rings is 1. The van der Waals surface area contributed by atoms with Crippen LogP contribution in [-0.4, -0.2) is 15.7 Å². The van der Waals surface area contributed by atoms with Crippen molar-refractivity contribution in [2.45, 2.75) is 13.8 Å². The number of nitrogens with one attached hydrogen (secondary N) is 1. The predicted molar refractivity (Wildman–Crippen MR) is 72.1 cm³/mol. The summed E-state index contributed by atoms with van der Waals surface area (Å²) in [5.41, 5.74) is 3.05. The number of anilines is 1. The molecular formula is C13H14ClN3O. The highest BCUT2D eigenvalue weighted by molar-refractivity contribution is 6.31. The summed E-state index contributed by atoms with van der Waals surface area (Å²) >= 11 is 6.01. The lowest BCUT2D eigenvalue weighted by Crippen LogP contribution is -2.12. The Morgan fingerprint density at radius 3 is 2.67 bits per heavy atom. The summed E-state index contributed by atoms with van der Waals surface area (Å²) in [5, 5.41) is 7.48. The van der Waals surface area contributed by atoms with E-state index in [4.69, 9.17) is 11.6 Å². The van der Waals surface area contributed by atoms with E-state index in [0.717, 1.165) is 11.3 Å². The van der Waals surface area contributed by atoms with Crippen molar-refractivity contribution in [2.75, 3.05) is 5.32 Å². The molecule has 0 bridgehead atoms. The predicted octanol–water partition coefficient (Wildman–Crippen LogP) is 2.94. The van der Waals surface area contributed by atoms with Crippen molar-refractivity contribution in [3.8, 4) is 0 Å². The van der Waals surface area contributed by atoms with E-state index in [0.29, 0.717) is 16.3 Å². The first kappa shape index (κ1) is 12.6. The lowest BCUT2D eigenvalue weighted by Gasteiger charge is -2.06. The van der Waals surface area contributed by atoms with Crippen molar-refractivity contribution < 1.29 is 4.79 Å². The molecule has 0 saturated carbocycles. The van der Waals surface area contributed by atoms with E-state index < -0.39 is 0 Å². The molecule has 0 spiro atoms. The molecule has 1 aromatic carbocycles. The van der Waals surface area contributed by atoms with Crippen LogP contribution in [0.3, 0.4) is 0 Å². The van der Waals surface area contributed by atoms with E-state index in [1.807, 2.05) is 26.0 Å². The van der Waals surface area contributed by atoms with Crippen molar-refractivity contribution >= 4 is 23.2 Å². The highest BCUT2D eigenvalue weighted by Gasteiger charge is 2.13. The fourth-order valence-corrected chi connectivity index (χ4v) is 1.77. The maximum atomic E-state index is 12.0. The molecule has 0 aliphatic heterocycles. The first-order valence-corrected chi connectivity index (χ1v) is 5.93. The zero-order valence-corrected chi connectivity index (χ0v) is 11.2. The monoisotopic (exact) mass is 263 g/mol. The average molecular weight is 264 g/mol. The third kappa shape index (κ3) is 2.38. The highest BCUT2D eigenvalue weighted by Crippen LogP contribution is 2.20. The molecule has 2 aromatic rings. The molecule has 1 heterocycles. The zero-order valence-electron chi connectivity index (χ0n) is 10.5. The average Bonchev–Trinajstić information content (AvgIpc) is 2.65. The van der Waals surface area contributed by atoms with Gasteiger partial charge in [0.05, 0.1) is 11.8 Å². The Labute approximate surface area is 111 Å². The largest absolute Gasteiger partial charge is 0.322 e. The number of carbonyl (C=O) groups excluding carboxylic acids is 1. The van der Waals surface area contributed by atoms with Crippen molar-refractivity contribution in [3.63, 3.8) is 0 Å². The summed E-state index contributed by atoms with van der Waals surface area (Å²) in [4.78, 5) is 12.0. The minimum Gasteiger partial charge on any atom is -0.322 e. The summed E-state index contributed by atoms with van der Waals surface area (Å²) in [5.74, 6) is -0.180. The van der Waals surface area contributed by atoms with Gasteiger partial charge < -0.3 is 5.32 Å². The third-order valence-electron chi connectivity index (χ3n) is 2.91. The number of rotatable bonds is 2. The summed E-state index contributed by atoms with van der Waals surface area (Å²) in [7, 11) is 1.80. The molecule has 0 fully saturated rings. The van der Waals surface area contributed by atoms with Crippen LogP contribution in [0.1, 0.15) is 21.6 Å². The number of hydrogen-bond acceptors (Lipinski definition) is 2. The van der Waals surface area contributed by atoms with E-state index in [-0.39, 0.29) is 5.91 Å². The van der Waals surface area contributed by atoms with E-state index in [1.165, 1.54) is 0 Å². The van der Waals surface area contributed by atoms with Gasteiger partial charge in [-0.1, -0.05) is 17.7 Å². The van der Waals surface area contributed by atoms with Gasteiger partial charge in [0.1, 0.15) is 0 Å². The minimum absolute atomic E-state index is 0.180. The highest BCUT2D eigenvalue weighted by atomic mass is 35.5. The number of amides is 1. The smallest absolute Gasteiger partial charge is 0.259 e. The SMILES string of the molecule is Cc1ccc(NC(=O)c2cnn(C)c2C)cc1Cl. The Bertz CT molecular complexity index is 604. The molecule has 5 heteroatoms. The van der Waals surface area contributed by atoms with Crippen molar-refractivity contribution in [1.29, 1.82) is 0 Å². The molecule has 0 unspecified atom stereocenters. The van der Waals surface area contributed by atoms with Crippen LogP contribution in [0.5, 0.6) is 0 Å². The van der Waals surface area contributed by atoms with Crippen LogP contribution >= 0.6 is 11.6 Å². The molecule has 0 radical (unpaired) electrons. The van der Waals surface area contributed by atoms with Gasteiger partial charge in [-0.25, -0.2) is 0 Å². The van der Waals surface area contributed by atoms with Gasteiger partial charge in [-0.2, -0.15) is 5.10 Å². The molecule has 0 atom stereocenters. The molecule has 94 valence electrons. The Morgan fingerprint density at radius 2 is 2.11 bits per heavy atom. The quantitative estimate of drug-likeness (QED) is 0.906. The first-order chi connectivity index (χ1) is 8.49. The molecule has 1 N–H and O–H groups in total. The molecular weight excluding hydrogens is 250 g/mol. The second-order valence-electron chi connectivity index (χ2n) is 4.19. The third-order valence-corrected chi connectivity index (χ3v) is 3.32. The second kappa shape index (κ2) is 4.82. The van der Waals surface area contributed by atoms with Crippen LogP contribution in [0.4, 0.5) is 5.69 Å². The topological polar surface area (TPSA) is 46.9 Å². The Balaban J connectivity index is 2.21. The fraction of sp³-hybridized carbons (Fsp3) is 0.231. The van der Waals surface area contributed by atoms with E-state index in [1.54, 1.807) is 24.0 Å². The maximum absolute atomic E-state index is 12.0. The van der Waals surface area contributed by atoms with E-state index >= 15 is 0 Å². The van der Waals surface area contributed by atoms with Crippen LogP contribution < -0.4 is 5.32 Å². The molecule has 1 amide bonds. The summed E-state index contributed by atoms with van der Waals surface area (Å²) < 4.78 is 1.66. The summed E-state index contributed by atoms with van der Waals surface area (Å²) in [6.45, 7) is 3.77. The molecule has 18 heavy (non-hydrogen) atoms. The van der Waals surface area contributed by atoms with Crippen LogP contribution in [0.15, 0.2) is 24.4 Å². The van der Waals surface area contributed by atoms with E-state index in [9.17, 15) is 4.79 Å². The number of carbonyl (C=O) groups is 1. The lowest BCUT2D eigenvalue weighted by atomic mass is 10.2. The standard InChI is InChI=1S/C13H14ClN3O/c1-8-4-5-10(6-12(8)14)16-13(18)11-7-15-17(3)9(11)2/h4-7H,1-3H3,(H,16,18). The Kier molecular flexibility index (Phi) is 3.39. The molecule has 4 nitrogen and oxygen atoms in total. The number of aromatic nitrogens is 2. The maximum Gasteiger partial charge on any atom is 0.259 e. The van der Waals surface area contributed by atoms with Gasteiger partial charge in [-0.15, -0.1) is 0 Å². The number of nitrogens with zero attached hydrogens (tertiary/aromatic N) is 2. The number of hydrogen-bond donors (Lipinski definition) is 1. The minimum atomic E-state index is -0.180. The van der Waals surface area contributed by atoms with Gasteiger partial charge >= 0.3 is 0 Å². The lowest BCUT2D eigenvalue weighted by molar-refractivity contribution is 0.102. The van der Waals surface area contributed by atoms with Gasteiger partial charge in [-0.05, 0) is 31.5 Å². The first-order valence-electron chi connectivity index (χ1n) is 5.55. The number of halogens is 1. The molecule has 0 aliphatic rings. The van der Waals surface area contributed by atoms with Gasteiger partial charge in [0.25, 0.3) is 5.91 Å². The van der Waals surface area contributed by atoms with Crippen LogP contribution in [0.2, 0.25) is 5.02 Å². The van der Waals surface area contributed by atoms with Crippen LogP contribution in [0, 0.1) is 13.8 Å². The van der Waals surface area contributed by atoms with Crippen LogP contribution in [-0.2, 0) is 7.05 Å². The van der Waals surface area contributed by atoms with Crippen molar-refractivity contribution in [2.24, 2.45) is 7.05 Å². The van der Waals surface area contributed by atoms with Crippen molar-refractivity contribution in [1.82, 2.24) is 9.78 Å². The van der Waals surface area contributed by atoms with Crippen molar-refractivity contribution in [3.05, 3.63) is 46.2 Å². The molecule has 0 saturated heterocycles.